The van der Waals surface area contributed by atoms with Crippen molar-refractivity contribution in [1.82, 2.24) is 4.31 Å². The molecule has 1 saturated carbocycles. The summed E-state index contributed by atoms with van der Waals surface area (Å²) in [4.78, 5) is 0. The van der Waals surface area contributed by atoms with E-state index < -0.39 is 15.6 Å². The molecule has 1 heterocycles. The smallest absolute Gasteiger partial charge is 0.217 e. The van der Waals surface area contributed by atoms with Gasteiger partial charge in [0, 0.05) is 18.1 Å². The number of hydrogen-bond acceptors (Lipinski definition) is 3. The van der Waals surface area contributed by atoms with Gasteiger partial charge in [0.05, 0.1) is 5.25 Å². The van der Waals surface area contributed by atoms with Gasteiger partial charge in [0.2, 0.25) is 10.0 Å². The van der Waals surface area contributed by atoms with E-state index >= 15 is 0 Å². The largest absolute Gasteiger partial charge is 0.326 e. The molecule has 2 N–H and O–H groups in total. The highest BCUT2D eigenvalue weighted by Crippen LogP contribution is 2.36. The molecule has 5 heteroatoms. The second-order valence-corrected chi connectivity index (χ2v) is 7.36. The molecule has 0 aromatic heterocycles. The Bertz CT molecular complexity index is 346. The lowest BCUT2D eigenvalue weighted by Crippen LogP contribution is -2.54. The predicted octanol–water partition coefficient (Wildman–Crippen LogP) is 0.680. The Morgan fingerprint density at radius 2 is 1.87 bits per heavy atom. The molecule has 1 unspecified atom stereocenters. The summed E-state index contributed by atoms with van der Waals surface area (Å²) >= 11 is 0. The van der Waals surface area contributed by atoms with Crippen LogP contribution in [0.3, 0.4) is 0 Å². The lowest BCUT2D eigenvalue weighted by Gasteiger charge is -2.38. The van der Waals surface area contributed by atoms with Crippen molar-refractivity contribution < 1.29 is 8.42 Å². The highest BCUT2D eigenvalue weighted by Gasteiger charge is 2.48. The Hall–Kier alpha value is -0.130. The summed E-state index contributed by atoms with van der Waals surface area (Å²) in [6.45, 7) is 4.45. The van der Waals surface area contributed by atoms with E-state index in [0.717, 1.165) is 25.7 Å². The fraction of sp³-hybridized carbons (Fsp3) is 1.00. The molecule has 1 saturated heterocycles. The third-order valence-corrected chi connectivity index (χ3v) is 6.56. The number of sulfonamides is 1. The van der Waals surface area contributed by atoms with Crippen LogP contribution in [0.5, 0.6) is 0 Å². The molecule has 0 aromatic carbocycles. The van der Waals surface area contributed by atoms with Crippen LogP contribution in [0.2, 0.25) is 0 Å². The molecule has 0 bridgehead atoms. The van der Waals surface area contributed by atoms with Gasteiger partial charge in [-0.25, -0.2) is 8.42 Å². The van der Waals surface area contributed by atoms with Gasteiger partial charge in [0.25, 0.3) is 0 Å². The van der Waals surface area contributed by atoms with E-state index in [2.05, 4.69) is 0 Å². The Morgan fingerprint density at radius 3 is 2.20 bits per heavy atom. The molecule has 2 fully saturated rings. The second-order valence-electron chi connectivity index (χ2n) is 5.22. The van der Waals surface area contributed by atoms with Crippen LogP contribution in [0.1, 0.15) is 39.5 Å². The number of nitrogens with zero attached hydrogens (tertiary/aromatic N) is 1. The van der Waals surface area contributed by atoms with Gasteiger partial charge in [0.15, 0.2) is 0 Å². The average Bonchev–Trinajstić information content (AvgIpc) is 2.22. The van der Waals surface area contributed by atoms with Crippen molar-refractivity contribution in [1.29, 1.82) is 0 Å². The van der Waals surface area contributed by atoms with E-state index in [9.17, 15) is 8.42 Å². The first-order valence-electron chi connectivity index (χ1n) is 5.64. The zero-order valence-corrected chi connectivity index (χ0v) is 10.3. The monoisotopic (exact) mass is 232 g/mol. The van der Waals surface area contributed by atoms with Gasteiger partial charge in [-0.15, -0.1) is 0 Å². The maximum atomic E-state index is 12.2. The topological polar surface area (TPSA) is 63.4 Å². The van der Waals surface area contributed by atoms with Crippen LogP contribution in [0.4, 0.5) is 0 Å². The zero-order chi connectivity index (χ0) is 11.3. The molecule has 2 rings (SSSR count). The molecule has 1 aliphatic carbocycles. The molecule has 1 atom stereocenters. The van der Waals surface area contributed by atoms with Crippen LogP contribution in [0.25, 0.3) is 0 Å². The molecule has 15 heavy (non-hydrogen) atoms. The van der Waals surface area contributed by atoms with Crippen LogP contribution in [0, 0.1) is 0 Å². The first-order valence-corrected chi connectivity index (χ1v) is 7.14. The normalized spacial score (nSPS) is 32.9. The fourth-order valence-electron chi connectivity index (χ4n) is 2.39. The minimum atomic E-state index is -3.09. The highest BCUT2D eigenvalue weighted by molar-refractivity contribution is 7.89. The zero-order valence-electron chi connectivity index (χ0n) is 9.44. The van der Waals surface area contributed by atoms with Crippen LogP contribution in [-0.4, -0.2) is 36.1 Å². The van der Waals surface area contributed by atoms with E-state index in [-0.39, 0.29) is 11.3 Å². The maximum Gasteiger partial charge on any atom is 0.217 e. The van der Waals surface area contributed by atoms with E-state index in [1.807, 2.05) is 13.8 Å². The molecule has 88 valence electrons. The van der Waals surface area contributed by atoms with E-state index in [1.165, 1.54) is 0 Å². The summed E-state index contributed by atoms with van der Waals surface area (Å²) in [5.74, 6) is 0. The second kappa shape index (κ2) is 3.43. The van der Waals surface area contributed by atoms with Crippen molar-refractivity contribution in [3.8, 4) is 0 Å². The van der Waals surface area contributed by atoms with Gasteiger partial charge >= 0.3 is 0 Å². The van der Waals surface area contributed by atoms with Gasteiger partial charge in [0.1, 0.15) is 0 Å². The van der Waals surface area contributed by atoms with E-state index in [4.69, 9.17) is 5.73 Å². The van der Waals surface area contributed by atoms with Crippen molar-refractivity contribution in [3.63, 3.8) is 0 Å². The molecular formula is C10H20N2O2S. The van der Waals surface area contributed by atoms with Gasteiger partial charge < -0.3 is 5.73 Å². The number of hydrogen-bond donors (Lipinski definition) is 1. The van der Waals surface area contributed by atoms with Gasteiger partial charge in [-0.1, -0.05) is 6.42 Å². The summed E-state index contributed by atoms with van der Waals surface area (Å²) in [5, 5.41) is -0.137. The lowest BCUT2D eigenvalue weighted by atomic mass is 9.98. The van der Waals surface area contributed by atoms with E-state index in [0.29, 0.717) is 6.54 Å². The summed E-state index contributed by atoms with van der Waals surface area (Å²) in [5.41, 5.74) is 5.54. The Balaban J connectivity index is 2.24. The van der Waals surface area contributed by atoms with E-state index in [1.54, 1.807) is 4.31 Å². The average molecular weight is 232 g/mol. The molecular weight excluding hydrogens is 212 g/mol. The molecule has 0 radical (unpaired) electrons. The lowest BCUT2D eigenvalue weighted by molar-refractivity contribution is 0.262. The SMILES string of the molecule is CC1(C)C(N)CCN1S(=O)(=O)C1CCC1. The first-order chi connectivity index (χ1) is 6.87. The quantitative estimate of drug-likeness (QED) is 0.761. The van der Waals surface area contributed by atoms with Gasteiger partial charge in [-0.05, 0) is 33.1 Å². The third kappa shape index (κ3) is 1.61. The van der Waals surface area contributed by atoms with Gasteiger partial charge in [-0.3, -0.25) is 0 Å². The summed E-state index contributed by atoms with van der Waals surface area (Å²) in [7, 11) is -3.09. The van der Waals surface area contributed by atoms with Gasteiger partial charge in [-0.2, -0.15) is 4.31 Å². The summed E-state index contributed by atoms with van der Waals surface area (Å²) in [6, 6.07) is -0.0349. The number of rotatable bonds is 2. The number of nitrogens with two attached hydrogens (primary N) is 1. The molecule has 0 aromatic rings. The van der Waals surface area contributed by atoms with Crippen LogP contribution >= 0.6 is 0 Å². The van der Waals surface area contributed by atoms with Crippen molar-refractivity contribution in [2.75, 3.05) is 6.54 Å². The Morgan fingerprint density at radius 1 is 1.27 bits per heavy atom. The minimum Gasteiger partial charge on any atom is -0.326 e. The minimum absolute atomic E-state index is 0.0349. The van der Waals surface area contributed by atoms with Crippen molar-refractivity contribution in [3.05, 3.63) is 0 Å². The standard InChI is InChI=1S/C10H20N2O2S/c1-10(2)9(11)6-7-12(10)15(13,14)8-4-3-5-8/h8-9H,3-7,11H2,1-2H3. The predicted molar refractivity (Wildman–Crippen MR) is 59.9 cm³/mol. The van der Waals surface area contributed by atoms with Crippen molar-refractivity contribution >= 4 is 10.0 Å². The van der Waals surface area contributed by atoms with Crippen LogP contribution < -0.4 is 5.73 Å². The van der Waals surface area contributed by atoms with Crippen molar-refractivity contribution in [2.24, 2.45) is 5.73 Å². The molecule has 0 amide bonds. The highest BCUT2D eigenvalue weighted by atomic mass is 32.2. The molecule has 2 aliphatic rings. The summed E-state index contributed by atoms with van der Waals surface area (Å²) in [6.07, 6.45) is 3.47. The Labute approximate surface area is 91.9 Å². The fourth-order valence-corrected chi connectivity index (χ4v) is 4.83. The van der Waals surface area contributed by atoms with Crippen LogP contribution in [-0.2, 0) is 10.0 Å². The summed E-state index contributed by atoms with van der Waals surface area (Å²) < 4.78 is 26.1. The molecule has 4 nitrogen and oxygen atoms in total. The molecule has 1 aliphatic heterocycles. The first kappa shape index (κ1) is 11.4. The van der Waals surface area contributed by atoms with Crippen LogP contribution in [0.15, 0.2) is 0 Å². The molecule has 0 spiro atoms. The maximum absolute atomic E-state index is 12.2. The van der Waals surface area contributed by atoms with Crippen molar-refractivity contribution in [2.45, 2.75) is 56.4 Å². The third-order valence-electron chi connectivity index (χ3n) is 3.97. The Kier molecular flexibility index (Phi) is 2.60.